The average Bonchev–Trinajstić information content (AvgIpc) is 3.23. The molecular weight excluding hydrogens is 476 g/mol. The first-order valence-electron chi connectivity index (χ1n) is 12.2. The third kappa shape index (κ3) is 6.25. The number of ether oxygens (including phenoxy) is 2. The van der Waals surface area contributed by atoms with E-state index in [1.807, 2.05) is 85.8 Å². The summed E-state index contributed by atoms with van der Waals surface area (Å²) in [4.78, 5) is 18.5. The number of nitrogens with zero attached hydrogens (tertiary/aromatic N) is 1. The lowest BCUT2D eigenvalue weighted by atomic mass is 9.86. The summed E-state index contributed by atoms with van der Waals surface area (Å²) in [7, 11) is 0. The molecule has 1 aliphatic heterocycles. The van der Waals surface area contributed by atoms with Gasteiger partial charge in [0.15, 0.2) is 5.54 Å². The van der Waals surface area contributed by atoms with Crippen LogP contribution in [0.4, 0.5) is 0 Å². The van der Waals surface area contributed by atoms with Gasteiger partial charge in [-0.1, -0.05) is 54.1 Å². The Morgan fingerprint density at radius 1 is 1.06 bits per heavy atom. The van der Waals surface area contributed by atoms with E-state index in [9.17, 15) is 4.79 Å². The van der Waals surface area contributed by atoms with Crippen LogP contribution in [0.2, 0.25) is 5.02 Å². The molecular formula is C29H31ClN2O4. The zero-order valence-electron chi connectivity index (χ0n) is 20.3. The van der Waals surface area contributed by atoms with Crippen LogP contribution in [0.1, 0.15) is 30.0 Å². The van der Waals surface area contributed by atoms with E-state index in [-0.39, 0.29) is 12.5 Å². The summed E-state index contributed by atoms with van der Waals surface area (Å²) in [6, 6.07) is 24.9. The molecule has 0 unspecified atom stereocenters. The number of aliphatic imine (C=N–C) groups is 1. The third-order valence-electron chi connectivity index (χ3n) is 6.26. The Morgan fingerprint density at radius 2 is 1.78 bits per heavy atom. The zero-order valence-corrected chi connectivity index (χ0v) is 21.1. The Hall–Kier alpha value is -3.35. The van der Waals surface area contributed by atoms with Gasteiger partial charge in [-0.25, -0.2) is 4.99 Å². The number of nitrogens with one attached hydrogen (secondary N) is 1. The number of amides is 1. The summed E-state index contributed by atoms with van der Waals surface area (Å²) in [5, 5.41) is 12.7. The number of hydrogen-bond donors (Lipinski definition) is 2. The monoisotopic (exact) mass is 506 g/mol. The summed E-state index contributed by atoms with van der Waals surface area (Å²) in [5.41, 5.74) is 1.80. The van der Waals surface area contributed by atoms with Crippen LogP contribution in [0.15, 0.2) is 83.9 Å². The topological polar surface area (TPSA) is 80.2 Å². The normalized spacial score (nSPS) is 18.9. The van der Waals surface area contributed by atoms with Crippen molar-refractivity contribution in [2.45, 2.75) is 37.8 Å². The molecule has 0 radical (unpaired) electrons. The van der Waals surface area contributed by atoms with Crippen LogP contribution >= 0.6 is 11.6 Å². The molecule has 7 heteroatoms. The molecule has 0 fully saturated rings. The first-order valence-corrected chi connectivity index (χ1v) is 12.6. The highest BCUT2D eigenvalue weighted by Crippen LogP contribution is 2.33. The number of halogens is 1. The molecule has 0 bridgehead atoms. The van der Waals surface area contributed by atoms with Crippen LogP contribution in [0.5, 0.6) is 5.75 Å². The number of aliphatic hydroxyl groups excluding tert-OH is 1. The highest BCUT2D eigenvalue weighted by molar-refractivity contribution is 6.30. The minimum absolute atomic E-state index is 0.0892. The highest BCUT2D eigenvalue weighted by Gasteiger charge is 2.50. The van der Waals surface area contributed by atoms with Gasteiger partial charge in [-0.2, -0.15) is 0 Å². The van der Waals surface area contributed by atoms with Crippen molar-refractivity contribution >= 4 is 23.4 Å². The second-order valence-electron chi connectivity index (χ2n) is 8.85. The summed E-state index contributed by atoms with van der Waals surface area (Å²) in [5.74, 6) is 0.981. The Balaban J connectivity index is 1.53. The summed E-state index contributed by atoms with van der Waals surface area (Å²) >= 11 is 5.98. The molecule has 1 heterocycles. The quantitative estimate of drug-likeness (QED) is 0.372. The van der Waals surface area contributed by atoms with Crippen molar-refractivity contribution in [1.29, 1.82) is 0 Å². The largest absolute Gasteiger partial charge is 0.494 e. The molecule has 2 atom stereocenters. The molecule has 0 saturated carbocycles. The number of rotatable bonds is 11. The fourth-order valence-electron chi connectivity index (χ4n) is 4.17. The summed E-state index contributed by atoms with van der Waals surface area (Å²) in [6.07, 6.45) is 1.23. The van der Waals surface area contributed by atoms with Gasteiger partial charge in [0.1, 0.15) is 11.9 Å². The van der Waals surface area contributed by atoms with Crippen molar-refractivity contribution in [2.75, 3.05) is 19.8 Å². The standard InChI is InChI=1S/C29H31ClN2O4/c1-21-29(20-23-6-3-2-4-7-23,28(34)31-17-16-22-8-12-25(30)13-9-22)32-27(36-21)24-10-14-26(15-11-24)35-19-5-18-33/h2-4,6-15,21,33H,5,16-20H2,1H3,(H,31,34)/t21-,29-/m1/s1. The van der Waals surface area contributed by atoms with Crippen LogP contribution in [0.3, 0.4) is 0 Å². The summed E-state index contributed by atoms with van der Waals surface area (Å²) in [6.45, 7) is 2.91. The maximum Gasteiger partial charge on any atom is 0.252 e. The molecule has 1 aliphatic rings. The van der Waals surface area contributed by atoms with Crippen LogP contribution in [0.25, 0.3) is 0 Å². The van der Waals surface area contributed by atoms with Crippen LogP contribution in [0, 0.1) is 0 Å². The number of hydrogen-bond acceptors (Lipinski definition) is 5. The second kappa shape index (κ2) is 12.1. The fraction of sp³-hybridized carbons (Fsp3) is 0.310. The number of benzene rings is 3. The van der Waals surface area contributed by atoms with Crippen molar-refractivity contribution in [3.05, 3.63) is 101 Å². The molecule has 6 nitrogen and oxygen atoms in total. The second-order valence-corrected chi connectivity index (χ2v) is 9.28. The van der Waals surface area contributed by atoms with E-state index in [4.69, 9.17) is 31.2 Å². The molecule has 0 saturated heterocycles. The molecule has 2 N–H and O–H groups in total. The molecule has 0 spiro atoms. The van der Waals surface area contributed by atoms with Crippen molar-refractivity contribution in [2.24, 2.45) is 4.99 Å². The minimum atomic E-state index is -1.09. The third-order valence-corrected chi connectivity index (χ3v) is 6.51. The molecule has 4 rings (SSSR count). The van der Waals surface area contributed by atoms with E-state index < -0.39 is 11.6 Å². The predicted molar refractivity (Wildman–Crippen MR) is 142 cm³/mol. The van der Waals surface area contributed by atoms with Crippen molar-refractivity contribution < 1.29 is 19.4 Å². The number of carbonyl (C=O) groups is 1. The molecule has 0 aliphatic carbocycles. The Labute approximate surface area is 216 Å². The van der Waals surface area contributed by atoms with Gasteiger partial charge in [-0.3, -0.25) is 4.79 Å². The van der Waals surface area contributed by atoms with Crippen LogP contribution in [-0.2, 0) is 22.4 Å². The summed E-state index contributed by atoms with van der Waals surface area (Å²) < 4.78 is 11.8. The van der Waals surface area contributed by atoms with Gasteiger partial charge >= 0.3 is 0 Å². The minimum Gasteiger partial charge on any atom is -0.494 e. The Morgan fingerprint density at radius 3 is 2.47 bits per heavy atom. The highest BCUT2D eigenvalue weighted by atomic mass is 35.5. The Bertz CT molecular complexity index is 1170. The molecule has 188 valence electrons. The van der Waals surface area contributed by atoms with Gasteiger partial charge in [-0.05, 0) is 60.9 Å². The van der Waals surface area contributed by atoms with Gasteiger partial charge in [-0.15, -0.1) is 0 Å². The van der Waals surface area contributed by atoms with E-state index in [0.717, 1.165) is 16.7 Å². The van der Waals surface area contributed by atoms with E-state index in [2.05, 4.69) is 5.32 Å². The van der Waals surface area contributed by atoms with Crippen molar-refractivity contribution in [1.82, 2.24) is 5.32 Å². The lowest BCUT2D eigenvalue weighted by Gasteiger charge is -2.28. The lowest BCUT2D eigenvalue weighted by molar-refractivity contribution is -0.128. The molecule has 36 heavy (non-hydrogen) atoms. The first-order chi connectivity index (χ1) is 17.5. The molecule has 3 aromatic carbocycles. The van der Waals surface area contributed by atoms with Crippen LogP contribution < -0.4 is 10.1 Å². The molecule has 1 amide bonds. The maximum atomic E-state index is 13.6. The van der Waals surface area contributed by atoms with Gasteiger partial charge in [0, 0.05) is 36.6 Å². The average molecular weight is 507 g/mol. The van der Waals surface area contributed by atoms with Crippen LogP contribution in [-0.4, -0.2) is 48.3 Å². The van der Waals surface area contributed by atoms with Gasteiger partial charge < -0.3 is 19.9 Å². The van der Waals surface area contributed by atoms with Gasteiger partial charge in [0.25, 0.3) is 5.91 Å². The molecule has 0 aromatic heterocycles. The number of aliphatic hydroxyl groups is 1. The van der Waals surface area contributed by atoms with Gasteiger partial charge in [0.05, 0.1) is 6.61 Å². The zero-order chi connectivity index (χ0) is 25.4. The predicted octanol–water partition coefficient (Wildman–Crippen LogP) is 4.61. The smallest absolute Gasteiger partial charge is 0.252 e. The van der Waals surface area contributed by atoms with E-state index in [0.29, 0.717) is 49.1 Å². The van der Waals surface area contributed by atoms with E-state index in [1.165, 1.54) is 0 Å². The Kier molecular flexibility index (Phi) is 8.62. The first kappa shape index (κ1) is 25.7. The van der Waals surface area contributed by atoms with E-state index in [1.54, 1.807) is 0 Å². The fourth-order valence-corrected chi connectivity index (χ4v) is 4.30. The van der Waals surface area contributed by atoms with Crippen molar-refractivity contribution in [3.63, 3.8) is 0 Å². The maximum absolute atomic E-state index is 13.6. The molecule has 3 aromatic rings. The van der Waals surface area contributed by atoms with Crippen molar-refractivity contribution in [3.8, 4) is 5.75 Å². The SMILES string of the molecule is C[C@H]1OC(c2ccc(OCCCO)cc2)=N[C@@]1(Cc1ccccc1)C(=O)NCCc1ccc(Cl)cc1. The lowest BCUT2D eigenvalue weighted by Crippen LogP contribution is -2.52. The van der Waals surface area contributed by atoms with E-state index >= 15 is 0 Å². The number of carbonyl (C=O) groups excluding carboxylic acids is 1. The van der Waals surface area contributed by atoms with Gasteiger partial charge in [0.2, 0.25) is 5.90 Å².